The van der Waals surface area contributed by atoms with E-state index in [2.05, 4.69) is 9.40 Å². The van der Waals surface area contributed by atoms with Gasteiger partial charge in [0.15, 0.2) is 5.69 Å². The number of aromatic carboxylic acids is 1. The number of ether oxygens (including phenoxy) is 1. The Balaban J connectivity index is 2.21. The van der Waals surface area contributed by atoms with Gasteiger partial charge in [-0.2, -0.15) is 18.2 Å². The monoisotopic (exact) mass is 273 g/mol. The summed E-state index contributed by atoms with van der Waals surface area (Å²) in [4.78, 5) is 14.0. The van der Waals surface area contributed by atoms with Crippen molar-refractivity contribution in [3.8, 4) is 11.8 Å². The van der Waals surface area contributed by atoms with Gasteiger partial charge in [-0.05, 0) is 18.2 Å². The van der Waals surface area contributed by atoms with Crippen molar-refractivity contribution in [3.05, 3.63) is 41.8 Å². The highest BCUT2D eigenvalue weighted by Crippen LogP contribution is 2.32. The molecule has 0 bridgehead atoms. The molecule has 100 valence electrons. The number of hydrogen-bond donors (Lipinski definition) is 1. The zero-order valence-electron chi connectivity index (χ0n) is 9.14. The van der Waals surface area contributed by atoms with Crippen molar-refractivity contribution >= 4 is 5.97 Å². The van der Waals surface area contributed by atoms with E-state index in [1.165, 1.54) is 6.07 Å². The van der Waals surface area contributed by atoms with Crippen molar-refractivity contribution in [1.82, 2.24) is 4.98 Å². The lowest BCUT2D eigenvalue weighted by Gasteiger charge is -2.07. The van der Waals surface area contributed by atoms with Gasteiger partial charge in [0.05, 0.1) is 5.56 Å². The first-order chi connectivity index (χ1) is 8.86. The standard InChI is InChI=1S/C11H6F3NO4/c12-11(13,14)6-2-1-3-7(4-6)19-10-15-8(5-18-10)9(16)17/h1-5H,(H,16,17). The predicted molar refractivity (Wildman–Crippen MR) is 55.0 cm³/mol. The summed E-state index contributed by atoms with van der Waals surface area (Å²) in [6.07, 6.45) is -4.12. The SMILES string of the molecule is O=C(O)c1coc(Oc2cccc(C(F)(F)F)c2)n1. The van der Waals surface area contributed by atoms with Crippen LogP contribution in [0.25, 0.3) is 0 Å². The molecule has 0 atom stereocenters. The fourth-order valence-corrected chi connectivity index (χ4v) is 1.24. The number of benzene rings is 1. The maximum absolute atomic E-state index is 12.4. The van der Waals surface area contributed by atoms with Crippen LogP contribution < -0.4 is 4.74 Å². The number of alkyl halides is 3. The van der Waals surface area contributed by atoms with E-state index in [-0.39, 0.29) is 5.75 Å². The van der Waals surface area contributed by atoms with Crippen molar-refractivity contribution in [2.75, 3.05) is 0 Å². The minimum absolute atomic E-state index is 0.159. The lowest BCUT2D eigenvalue weighted by Crippen LogP contribution is -2.04. The molecule has 19 heavy (non-hydrogen) atoms. The summed E-state index contributed by atoms with van der Waals surface area (Å²) in [7, 11) is 0. The summed E-state index contributed by atoms with van der Waals surface area (Å²) in [5, 5.41) is 8.59. The second-order valence-electron chi connectivity index (χ2n) is 3.43. The van der Waals surface area contributed by atoms with E-state index < -0.39 is 29.5 Å². The van der Waals surface area contributed by atoms with Gasteiger partial charge in [-0.1, -0.05) is 6.07 Å². The van der Waals surface area contributed by atoms with Crippen molar-refractivity contribution in [1.29, 1.82) is 0 Å². The van der Waals surface area contributed by atoms with Gasteiger partial charge in [0.1, 0.15) is 12.0 Å². The summed E-state index contributed by atoms with van der Waals surface area (Å²) < 4.78 is 46.9. The third kappa shape index (κ3) is 3.03. The smallest absolute Gasteiger partial charge is 0.416 e. The van der Waals surface area contributed by atoms with Crippen LogP contribution in [0, 0.1) is 0 Å². The Bertz CT molecular complexity index is 606. The molecule has 1 aromatic heterocycles. The molecule has 2 rings (SSSR count). The molecular formula is C11H6F3NO4. The Morgan fingerprint density at radius 3 is 2.68 bits per heavy atom. The molecule has 1 heterocycles. The summed E-state index contributed by atoms with van der Waals surface area (Å²) >= 11 is 0. The van der Waals surface area contributed by atoms with Crippen LogP contribution >= 0.6 is 0 Å². The normalized spacial score (nSPS) is 11.3. The highest BCUT2D eigenvalue weighted by atomic mass is 19.4. The minimum atomic E-state index is -4.50. The van der Waals surface area contributed by atoms with Gasteiger partial charge >= 0.3 is 18.2 Å². The molecule has 0 saturated heterocycles. The Labute approximate surface area is 104 Å². The topological polar surface area (TPSA) is 72.6 Å². The molecule has 0 aliphatic carbocycles. The van der Waals surface area contributed by atoms with Crippen LogP contribution in [0.4, 0.5) is 13.2 Å². The number of aromatic nitrogens is 1. The van der Waals surface area contributed by atoms with Gasteiger partial charge < -0.3 is 14.3 Å². The number of rotatable bonds is 3. The highest BCUT2D eigenvalue weighted by molar-refractivity contribution is 5.84. The van der Waals surface area contributed by atoms with Crippen molar-refractivity contribution in [2.24, 2.45) is 0 Å². The van der Waals surface area contributed by atoms with Crippen molar-refractivity contribution in [3.63, 3.8) is 0 Å². The quantitative estimate of drug-likeness (QED) is 0.929. The predicted octanol–water partition coefficient (Wildman–Crippen LogP) is 3.18. The van der Waals surface area contributed by atoms with Crippen molar-refractivity contribution < 1.29 is 32.2 Å². The maximum Gasteiger partial charge on any atom is 0.416 e. The van der Waals surface area contributed by atoms with Crippen LogP contribution in [0.15, 0.2) is 34.9 Å². The largest absolute Gasteiger partial charge is 0.476 e. The molecule has 0 spiro atoms. The second kappa shape index (κ2) is 4.63. The fourth-order valence-electron chi connectivity index (χ4n) is 1.24. The van der Waals surface area contributed by atoms with E-state index in [9.17, 15) is 18.0 Å². The fraction of sp³-hybridized carbons (Fsp3) is 0.0909. The zero-order chi connectivity index (χ0) is 14.0. The van der Waals surface area contributed by atoms with Gasteiger partial charge in [-0.3, -0.25) is 0 Å². The van der Waals surface area contributed by atoms with Crippen molar-refractivity contribution in [2.45, 2.75) is 6.18 Å². The molecule has 0 amide bonds. The minimum Gasteiger partial charge on any atom is -0.476 e. The van der Waals surface area contributed by atoms with Crippen LogP contribution in [0.2, 0.25) is 0 Å². The second-order valence-corrected chi connectivity index (χ2v) is 3.43. The molecule has 0 fully saturated rings. The number of hydrogen-bond acceptors (Lipinski definition) is 4. The number of carbonyl (C=O) groups is 1. The molecule has 0 unspecified atom stereocenters. The first kappa shape index (κ1) is 12.9. The number of nitrogens with zero attached hydrogens (tertiary/aromatic N) is 1. The molecule has 1 N–H and O–H groups in total. The molecule has 8 heteroatoms. The molecule has 0 saturated carbocycles. The van der Waals surface area contributed by atoms with E-state index in [0.29, 0.717) is 0 Å². The molecule has 5 nitrogen and oxygen atoms in total. The summed E-state index contributed by atoms with van der Waals surface area (Å²) in [5.74, 6) is -1.49. The van der Waals surface area contributed by atoms with Crippen LogP contribution in [0.1, 0.15) is 16.1 Å². The lowest BCUT2D eigenvalue weighted by molar-refractivity contribution is -0.137. The summed E-state index contributed by atoms with van der Waals surface area (Å²) in [6, 6.07) is 4.05. The molecular weight excluding hydrogens is 267 g/mol. The Hall–Kier alpha value is -2.51. The maximum atomic E-state index is 12.4. The molecule has 0 radical (unpaired) electrons. The van der Waals surface area contributed by atoms with Gasteiger partial charge in [0, 0.05) is 0 Å². The zero-order valence-corrected chi connectivity index (χ0v) is 9.14. The number of carboxylic acids is 1. The lowest BCUT2D eigenvalue weighted by atomic mass is 10.2. The van der Waals surface area contributed by atoms with Gasteiger partial charge in [-0.25, -0.2) is 4.79 Å². The van der Waals surface area contributed by atoms with Gasteiger partial charge in [0.2, 0.25) is 0 Å². The molecule has 0 aliphatic rings. The summed E-state index contributed by atoms with van der Waals surface area (Å²) in [6.45, 7) is 0. The van der Waals surface area contributed by atoms with E-state index in [0.717, 1.165) is 24.5 Å². The van der Waals surface area contributed by atoms with E-state index in [1.54, 1.807) is 0 Å². The van der Waals surface area contributed by atoms with Crippen LogP contribution in [-0.4, -0.2) is 16.1 Å². The van der Waals surface area contributed by atoms with E-state index in [4.69, 9.17) is 9.84 Å². The number of oxazole rings is 1. The van der Waals surface area contributed by atoms with E-state index in [1.807, 2.05) is 0 Å². The third-order valence-electron chi connectivity index (χ3n) is 2.07. The first-order valence-electron chi connectivity index (χ1n) is 4.90. The van der Waals surface area contributed by atoms with Gasteiger partial charge in [0.25, 0.3) is 0 Å². The summed E-state index contributed by atoms with van der Waals surface area (Å²) in [5.41, 5.74) is -1.29. The van der Waals surface area contributed by atoms with E-state index >= 15 is 0 Å². The van der Waals surface area contributed by atoms with Crippen LogP contribution in [0.3, 0.4) is 0 Å². The Morgan fingerprint density at radius 1 is 1.37 bits per heavy atom. The average molecular weight is 273 g/mol. The Kier molecular flexibility index (Phi) is 3.16. The number of halogens is 3. The molecule has 1 aromatic carbocycles. The van der Waals surface area contributed by atoms with Crippen LogP contribution in [0.5, 0.6) is 11.8 Å². The molecule has 2 aromatic rings. The number of carboxylic acid groups (broad SMARTS) is 1. The molecule has 0 aliphatic heterocycles. The van der Waals surface area contributed by atoms with Gasteiger partial charge in [-0.15, -0.1) is 0 Å². The first-order valence-corrected chi connectivity index (χ1v) is 4.90. The Morgan fingerprint density at radius 2 is 2.11 bits per heavy atom. The average Bonchev–Trinajstić information content (AvgIpc) is 2.77. The third-order valence-corrected chi connectivity index (χ3v) is 2.07. The van der Waals surface area contributed by atoms with Crippen LogP contribution in [-0.2, 0) is 6.18 Å². The highest BCUT2D eigenvalue weighted by Gasteiger charge is 2.30.